The number of nitrogens with zero attached hydrogens (tertiary/aromatic N) is 1. The Morgan fingerprint density at radius 1 is 1.44 bits per heavy atom. The molecule has 0 aromatic heterocycles. The van der Waals surface area contributed by atoms with Crippen LogP contribution in [0.3, 0.4) is 0 Å². The molecular formula is C14H18N2O2. The lowest BCUT2D eigenvalue weighted by molar-refractivity contribution is 0.0981. The van der Waals surface area contributed by atoms with Gasteiger partial charge in [-0.2, -0.15) is 0 Å². The molecule has 0 spiro atoms. The monoisotopic (exact) mass is 246 g/mol. The van der Waals surface area contributed by atoms with E-state index in [0.717, 1.165) is 17.7 Å². The van der Waals surface area contributed by atoms with E-state index >= 15 is 0 Å². The minimum absolute atomic E-state index is 0.111. The van der Waals surface area contributed by atoms with E-state index in [-0.39, 0.29) is 11.8 Å². The van der Waals surface area contributed by atoms with Crippen LogP contribution in [0.4, 0.5) is 10.5 Å². The number of hydrogen-bond donors (Lipinski definition) is 1. The largest absolute Gasteiger partial charge is 0.338 e. The van der Waals surface area contributed by atoms with Gasteiger partial charge in [0.15, 0.2) is 5.78 Å². The predicted octanol–water partition coefficient (Wildman–Crippen LogP) is 2.51. The molecule has 1 aromatic rings. The van der Waals surface area contributed by atoms with Crippen LogP contribution in [0.25, 0.3) is 0 Å². The molecule has 0 aliphatic carbocycles. The van der Waals surface area contributed by atoms with Gasteiger partial charge in [0.25, 0.3) is 0 Å². The van der Waals surface area contributed by atoms with Crippen molar-refractivity contribution < 1.29 is 9.59 Å². The van der Waals surface area contributed by atoms with Crippen LogP contribution in [0.15, 0.2) is 18.2 Å². The van der Waals surface area contributed by atoms with Gasteiger partial charge in [0.1, 0.15) is 0 Å². The lowest BCUT2D eigenvalue weighted by Crippen LogP contribution is -2.44. The van der Waals surface area contributed by atoms with Gasteiger partial charge >= 0.3 is 6.03 Å². The summed E-state index contributed by atoms with van der Waals surface area (Å²) >= 11 is 0. The summed E-state index contributed by atoms with van der Waals surface area (Å²) in [5, 5.41) is 2.86. The number of benzene rings is 1. The fourth-order valence-electron chi connectivity index (χ4n) is 2.23. The molecule has 0 atom stereocenters. The van der Waals surface area contributed by atoms with Crippen molar-refractivity contribution in [1.29, 1.82) is 0 Å². The smallest absolute Gasteiger partial charge is 0.321 e. The van der Waals surface area contributed by atoms with Crippen LogP contribution in [-0.2, 0) is 0 Å². The van der Waals surface area contributed by atoms with E-state index in [1.54, 1.807) is 11.0 Å². The SMILES string of the molecule is CCCNC(=O)N1CCC(=O)c2cccc(C)c21. The highest BCUT2D eigenvalue weighted by Crippen LogP contribution is 2.30. The third-order valence-corrected chi connectivity index (χ3v) is 3.14. The predicted molar refractivity (Wildman–Crippen MR) is 71.2 cm³/mol. The van der Waals surface area contributed by atoms with Crippen molar-refractivity contribution in [2.24, 2.45) is 0 Å². The summed E-state index contributed by atoms with van der Waals surface area (Å²) in [5.41, 5.74) is 2.39. The number of amides is 2. The maximum absolute atomic E-state index is 12.1. The third-order valence-electron chi connectivity index (χ3n) is 3.14. The zero-order valence-electron chi connectivity index (χ0n) is 10.8. The number of nitrogens with one attached hydrogen (secondary N) is 1. The van der Waals surface area contributed by atoms with E-state index in [4.69, 9.17) is 0 Å². The Balaban J connectivity index is 2.34. The van der Waals surface area contributed by atoms with Crippen molar-refractivity contribution in [3.8, 4) is 0 Å². The molecule has 2 amide bonds. The average Bonchev–Trinajstić information content (AvgIpc) is 2.37. The number of ketones is 1. The van der Waals surface area contributed by atoms with Crippen molar-refractivity contribution in [2.75, 3.05) is 18.0 Å². The van der Waals surface area contributed by atoms with Crippen molar-refractivity contribution in [1.82, 2.24) is 5.32 Å². The highest BCUT2D eigenvalue weighted by atomic mass is 16.2. The van der Waals surface area contributed by atoms with Crippen LogP contribution in [0, 0.1) is 6.92 Å². The first kappa shape index (κ1) is 12.6. The third kappa shape index (κ3) is 2.23. The number of aryl methyl sites for hydroxylation is 1. The Bertz CT molecular complexity index is 483. The van der Waals surface area contributed by atoms with E-state index < -0.39 is 0 Å². The van der Waals surface area contributed by atoms with Crippen LogP contribution in [0.2, 0.25) is 0 Å². The molecule has 0 unspecified atom stereocenters. The number of Topliss-reactive ketones (excluding diaryl/α,β-unsaturated/α-hetero) is 1. The Morgan fingerprint density at radius 2 is 2.22 bits per heavy atom. The van der Waals surface area contributed by atoms with Gasteiger partial charge in [-0.15, -0.1) is 0 Å². The summed E-state index contributed by atoms with van der Waals surface area (Å²) in [5.74, 6) is 0.119. The summed E-state index contributed by atoms with van der Waals surface area (Å²) in [6.45, 7) is 5.06. The molecule has 96 valence electrons. The first-order chi connectivity index (χ1) is 8.65. The van der Waals surface area contributed by atoms with Gasteiger partial charge in [0.2, 0.25) is 0 Å². The Morgan fingerprint density at radius 3 is 2.94 bits per heavy atom. The summed E-state index contributed by atoms with van der Waals surface area (Å²) in [6.07, 6.45) is 1.30. The van der Waals surface area contributed by atoms with Crippen LogP contribution in [0.5, 0.6) is 0 Å². The van der Waals surface area contributed by atoms with Gasteiger partial charge in [-0.25, -0.2) is 4.79 Å². The summed E-state index contributed by atoms with van der Waals surface area (Å²) in [4.78, 5) is 25.6. The maximum Gasteiger partial charge on any atom is 0.321 e. The second kappa shape index (κ2) is 5.21. The molecule has 1 aliphatic heterocycles. The first-order valence-corrected chi connectivity index (χ1v) is 6.33. The molecule has 0 radical (unpaired) electrons. The fourth-order valence-corrected chi connectivity index (χ4v) is 2.23. The maximum atomic E-state index is 12.1. The topological polar surface area (TPSA) is 49.4 Å². The van der Waals surface area contributed by atoms with Gasteiger partial charge in [-0.3, -0.25) is 9.69 Å². The molecule has 0 fully saturated rings. The van der Waals surface area contributed by atoms with Crippen molar-refractivity contribution >= 4 is 17.5 Å². The number of para-hydroxylation sites is 1. The lowest BCUT2D eigenvalue weighted by Gasteiger charge is -2.30. The second-order valence-electron chi connectivity index (χ2n) is 4.53. The molecule has 1 aromatic carbocycles. The lowest BCUT2D eigenvalue weighted by atomic mass is 9.97. The summed E-state index contributed by atoms with van der Waals surface area (Å²) < 4.78 is 0. The van der Waals surface area contributed by atoms with E-state index in [1.807, 2.05) is 26.0 Å². The molecule has 0 saturated carbocycles. The van der Waals surface area contributed by atoms with Crippen LogP contribution >= 0.6 is 0 Å². The summed E-state index contributed by atoms with van der Waals surface area (Å²) in [7, 11) is 0. The van der Waals surface area contributed by atoms with E-state index in [9.17, 15) is 9.59 Å². The van der Waals surface area contributed by atoms with Crippen LogP contribution < -0.4 is 10.2 Å². The molecule has 0 saturated heterocycles. The van der Waals surface area contributed by atoms with Gasteiger partial charge in [-0.05, 0) is 25.0 Å². The highest BCUT2D eigenvalue weighted by molar-refractivity contribution is 6.09. The molecule has 1 heterocycles. The fraction of sp³-hybridized carbons (Fsp3) is 0.429. The molecule has 1 aliphatic rings. The van der Waals surface area contributed by atoms with Crippen LogP contribution in [0.1, 0.15) is 35.7 Å². The van der Waals surface area contributed by atoms with Crippen molar-refractivity contribution in [3.05, 3.63) is 29.3 Å². The molecule has 0 bridgehead atoms. The van der Waals surface area contributed by atoms with Gasteiger partial charge < -0.3 is 5.32 Å². The van der Waals surface area contributed by atoms with E-state index in [2.05, 4.69) is 5.32 Å². The Labute approximate surface area is 107 Å². The Kier molecular flexibility index (Phi) is 3.65. The van der Waals surface area contributed by atoms with E-state index in [0.29, 0.717) is 25.1 Å². The van der Waals surface area contributed by atoms with E-state index in [1.165, 1.54) is 0 Å². The number of fused-ring (bicyclic) bond motifs is 1. The summed E-state index contributed by atoms with van der Waals surface area (Å²) in [6, 6.07) is 5.47. The molecule has 18 heavy (non-hydrogen) atoms. The quantitative estimate of drug-likeness (QED) is 0.871. The number of anilines is 1. The van der Waals surface area contributed by atoms with Gasteiger partial charge in [0, 0.05) is 25.1 Å². The van der Waals surface area contributed by atoms with Gasteiger partial charge in [0.05, 0.1) is 5.69 Å². The van der Waals surface area contributed by atoms with Crippen LogP contribution in [-0.4, -0.2) is 24.9 Å². The number of hydrogen-bond acceptors (Lipinski definition) is 2. The minimum Gasteiger partial charge on any atom is -0.338 e. The zero-order chi connectivity index (χ0) is 13.1. The average molecular weight is 246 g/mol. The van der Waals surface area contributed by atoms with Crippen molar-refractivity contribution in [2.45, 2.75) is 26.7 Å². The highest BCUT2D eigenvalue weighted by Gasteiger charge is 2.28. The molecule has 1 N–H and O–H groups in total. The second-order valence-corrected chi connectivity index (χ2v) is 4.53. The number of urea groups is 1. The standard InChI is InChI=1S/C14H18N2O2/c1-3-8-15-14(18)16-9-7-12(17)11-6-4-5-10(2)13(11)16/h4-6H,3,7-9H2,1-2H3,(H,15,18). The molecule has 4 nitrogen and oxygen atoms in total. The Hall–Kier alpha value is -1.84. The van der Waals surface area contributed by atoms with Crippen molar-refractivity contribution in [3.63, 3.8) is 0 Å². The number of carbonyl (C=O) groups is 2. The normalized spacial score (nSPS) is 14.3. The molecule has 2 rings (SSSR count). The molecular weight excluding hydrogens is 228 g/mol. The first-order valence-electron chi connectivity index (χ1n) is 6.33. The number of rotatable bonds is 2. The number of carbonyl (C=O) groups excluding carboxylic acids is 2. The van der Waals surface area contributed by atoms with Gasteiger partial charge in [-0.1, -0.05) is 19.1 Å². The zero-order valence-corrected chi connectivity index (χ0v) is 10.8. The minimum atomic E-state index is -0.111. The molecule has 4 heteroatoms.